The van der Waals surface area contributed by atoms with Crippen LogP contribution >= 0.6 is 0 Å². The second-order valence-electron chi connectivity index (χ2n) is 7.59. The maximum Gasteiger partial charge on any atom is 0.307 e. The van der Waals surface area contributed by atoms with Gasteiger partial charge in [0.2, 0.25) is 0 Å². The quantitative estimate of drug-likeness (QED) is 0.572. The van der Waals surface area contributed by atoms with Gasteiger partial charge in [-0.05, 0) is 47.4 Å². The van der Waals surface area contributed by atoms with Crippen molar-refractivity contribution in [2.45, 2.75) is 18.9 Å². The van der Waals surface area contributed by atoms with Gasteiger partial charge in [-0.1, -0.05) is 66.7 Å². The van der Waals surface area contributed by atoms with Crippen LogP contribution in [0.1, 0.15) is 23.5 Å². The fourth-order valence-electron chi connectivity index (χ4n) is 4.03. The summed E-state index contributed by atoms with van der Waals surface area (Å²) < 4.78 is 0. The zero-order valence-corrected chi connectivity index (χ0v) is 16.3. The first kappa shape index (κ1) is 19.2. The molecule has 1 heterocycles. The number of benzene rings is 3. The molecule has 3 aromatic rings. The molecule has 2 atom stereocenters. The van der Waals surface area contributed by atoms with E-state index >= 15 is 0 Å². The number of anilines is 1. The summed E-state index contributed by atoms with van der Waals surface area (Å²) in [5.41, 5.74) is 5.73. The van der Waals surface area contributed by atoms with Crippen molar-refractivity contribution < 1.29 is 9.90 Å². The van der Waals surface area contributed by atoms with Gasteiger partial charge >= 0.3 is 5.97 Å². The van der Waals surface area contributed by atoms with Gasteiger partial charge in [0, 0.05) is 24.7 Å². The van der Waals surface area contributed by atoms with E-state index in [1.54, 1.807) is 0 Å². The molecule has 0 radical (unpaired) electrons. The van der Waals surface area contributed by atoms with Crippen LogP contribution in [0, 0.1) is 5.92 Å². The third kappa shape index (κ3) is 4.66. The first-order chi connectivity index (χ1) is 14.2. The molecule has 1 saturated heterocycles. The van der Waals surface area contributed by atoms with Crippen LogP contribution in [0.5, 0.6) is 0 Å². The lowest BCUT2D eigenvalue weighted by Crippen LogP contribution is -2.38. The average molecular weight is 386 g/mol. The Hall–Kier alpha value is -3.11. The molecule has 0 spiro atoms. The number of hydrogen-bond acceptors (Lipinski definition) is 3. The SMILES string of the molecule is O=C(O)[C@@H]1CCNC[C@H]1c1cccc(NCc2ccc(-c3ccccc3)cc2)c1. The lowest BCUT2D eigenvalue weighted by molar-refractivity contribution is -0.143. The number of carbonyl (C=O) groups is 1. The summed E-state index contributed by atoms with van der Waals surface area (Å²) >= 11 is 0. The monoisotopic (exact) mass is 386 g/mol. The Morgan fingerprint density at radius 3 is 2.48 bits per heavy atom. The van der Waals surface area contributed by atoms with Crippen molar-refractivity contribution in [3.63, 3.8) is 0 Å². The minimum Gasteiger partial charge on any atom is -0.481 e. The van der Waals surface area contributed by atoms with Crippen molar-refractivity contribution in [1.82, 2.24) is 5.32 Å². The molecule has 0 aliphatic carbocycles. The third-order valence-corrected chi connectivity index (χ3v) is 5.67. The third-order valence-electron chi connectivity index (χ3n) is 5.67. The van der Waals surface area contributed by atoms with Crippen LogP contribution in [0.4, 0.5) is 5.69 Å². The smallest absolute Gasteiger partial charge is 0.307 e. The van der Waals surface area contributed by atoms with Gasteiger partial charge in [0.25, 0.3) is 0 Å². The molecular formula is C25H26N2O2. The maximum absolute atomic E-state index is 11.6. The number of carboxylic acid groups (broad SMARTS) is 1. The normalized spacial score (nSPS) is 18.9. The molecule has 0 aromatic heterocycles. The van der Waals surface area contributed by atoms with Crippen LogP contribution in [0.2, 0.25) is 0 Å². The van der Waals surface area contributed by atoms with E-state index in [-0.39, 0.29) is 11.8 Å². The second-order valence-corrected chi connectivity index (χ2v) is 7.59. The van der Waals surface area contributed by atoms with Crippen LogP contribution in [-0.4, -0.2) is 24.2 Å². The van der Waals surface area contributed by atoms with E-state index in [2.05, 4.69) is 65.2 Å². The Bertz CT molecular complexity index is 954. The Morgan fingerprint density at radius 2 is 1.72 bits per heavy atom. The molecule has 0 saturated carbocycles. The van der Waals surface area contributed by atoms with E-state index in [1.807, 2.05) is 24.3 Å². The molecule has 4 nitrogen and oxygen atoms in total. The van der Waals surface area contributed by atoms with E-state index < -0.39 is 5.97 Å². The highest BCUT2D eigenvalue weighted by molar-refractivity contribution is 5.72. The van der Waals surface area contributed by atoms with Crippen molar-refractivity contribution in [3.05, 3.63) is 90.0 Å². The van der Waals surface area contributed by atoms with Crippen LogP contribution in [-0.2, 0) is 11.3 Å². The van der Waals surface area contributed by atoms with Crippen molar-refractivity contribution in [2.24, 2.45) is 5.92 Å². The van der Waals surface area contributed by atoms with Gasteiger partial charge < -0.3 is 15.7 Å². The topological polar surface area (TPSA) is 61.4 Å². The van der Waals surface area contributed by atoms with E-state index in [4.69, 9.17) is 0 Å². The number of aliphatic carboxylic acids is 1. The van der Waals surface area contributed by atoms with Crippen LogP contribution in [0.3, 0.4) is 0 Å². The summed E-state index contributed by atoms with van der Waals surface area (Å²) in [5, 5.41) is 16.4. The highest BCUT2D eigenvalue weighted by atomic mass is 16.4. The number of hydrogen-bond donors (Lipinski definition) is 3. The fraction of sp³-hybridized carbons (Fsp3) is 0.240. The molecule has 1 aliphatic rings. The summed E-state index contributed by atoms with van der Waals surface area (Å²) in [6.45, 7) is 2.20. The molecule has 0 amide bonds. The molecule has 0 bridgehead atoms. The van der Waals surface area contributed by atoms with Gasteiger partial charge in [0.15, 0.2) is 0 Å². The number of piperidine rings is 1. The lowest BCUT2D eigenvalue weighted by atomic mass is 9.81. The van der Waals surface area contributed by atoms with Crippen LogP contribution < -0.4 is 10.6 Å². The van der Waals surface area contributed by atoms with Crippen molar-refractivity contribution in [1.29, 1.82) is 0 Å². The summed E-state index contributed by atoms with van der Waals surface area (Å²) in [5.74, 6) is -1.02. The lowest BCUT2D eigenvalue weighted by Gasteiger charge is -2.30. The summed E-state index contributed by atoms with van der Waals surface area (Å²) in [6, 6.07) is 27.1. The first-order valence-electron chi connectivity index (χ1n) is 10.1. The van der Waals surface area contributed by atoms with Crippen molar-refractivity contribution in [2.75, 3.05) is 18.4 Å². The minimum absolute atomic E-state index is 0.00755. The summed E-state index contributed by atoms with van der Waals surface area (Å²) in [4.78, 5) is 11.6. The number of rotatable bonds is 6. The van der Waals surface area contributed by atoms with Gasteiger partial charge in [-0.15, -0.1) is 0 Å². The zero-order valence-electron chi connectivity index (χ0n) is 16.3. The maximum atomic E-state index is 11.6. The summed E-state index contributed by atoms with van der Waals surface area (Å²) in [7, 11) is 0. The molecule has 148 valence electrons. The first-order valence-corrected chi connectivity index (χ1v) is 10.1. The average Bonchev–Trinajstić information content (AvgIpc) is 2.79. The van der Waals surface area contributed by atoms with Crippen molar-refractivity contribution in [3.8, 4) is 11.1 Å². The second kappa shape index (κ2) is 8.93. The van der Waals surface area contributed by atoms with Crippen LogP contribution in [0.15, 0.2) is 78.9 Å². The highest BCUT2D eigenvalue weighted by Gasteiger charge is 2.31. The molecule has 0 unspecified atom stereocenters. The Morgan fingerprint density at radius 1 is 0.966 bits per heavy atom. The van der Waals surface area contributed by atoms with Crippen molar-refractivity contribution >= 4 is 11.7 Å². The molecule has 3 aromatic carbocycles. The Labute approximate surface area is 171 Å². The van der Waals surface area contributed by atoms with Gasteiger partial charge in [0.1, 0.15) is 0 Å². The van der Waals surface area contributed by atoms with E-state index in [0.29, 0.717) is 13.0 Å². The highest BCUT2D eigenvalue weighted by Crippen LogP contribution is 2.31. The van der Waals surface area contributed by atoms with Crippen LogP contribution in [0.25, 0.3) is 11.1 Å². The number of nitrogens with one attached hydrogen (secondary N) is 2. The standard InChI is InChI=1S/C25H26N2O2/c28-25(29)23-13-14-26-17-24(23)21-7-4-8-22(15-21)27-16-18-9-11-20(12-10-18)19-5-2-1-3-6-19/h1-12,15,23-24,26-27H,13-14,16-17H2,(H,28,29)/t23-,24+/m1/s1. The van der Waals surface area contributed by atoms with E-state index in [0.717, 1.165) is 24.3 Å². The Kier molecular flexibility index (Phi) is 5.92. The molecule has 3 N–H and O–H groups in total. The predicted molar refractivity (Wildman–Crippen MR) is 117 cm³/mol. The zero-order chi connectivity index (χ0) is 20.1. The Balaban J connectivity index is 1.43. The van der Waals surface area contributed by atoms with Gasteiger partial charge in [0.05, 0.1) is 5.92 Å². The van der Waals surface area contributed by atoms with Gasteiger partial charge in [-0.25, -0.2) is 0 Å². The fourth-order valence-corrected chi connectivity index (χ4v) is 4.03. The molecule has 1 aliphatic heterocycles. The largest absolute Gasteiger partial charge is 0.481 e. The van der Waals surface area contributed by atoms with Gasteiger partial charge in [-0.3, -0.25) is 4.79 Å². The van der Waals surface area contributed by atoms with E-state index in [1.165, 1.54) is 16.7 Å². The van der Waals surface area contributed by atoms with E-state index in [9.17, 15) is 9.90 Å². The molecular weight excluding hydrogens is 360 g/mol. The minimum atomic E-state index is -0.701. The van der Waals surface area contributed by atoms with Gasteiger partial charge in [-0.2, -0.15) is 0 Å². The molecule has 4 heteroatoms. The predicted octanol–water partition coefficient (Wildman–Crippen LogP) is 4.74. The summed E-state index contributed by atoms with van der Waals surface area (Å²) in [6.07, 6.45) is 0.672. The molecule has 1 fully saturated rings. The molecule has 29 heavy (non-hydrogen) atoms. The molecule has 4 rings (SSSR count). The number of carboxylic acids is 1.